The number of amides is 1. The summed E-state index contributed by atoms with van der Waals surface area (Å²) in [5.41, 5.74) is 5.22. The van der Waals surface area contributed by atoms with Crippen molar-refractivity contribution in [1.29, 1.82) is 0 Å². The molecule has 0 spiro atoms. The van der Waals surface area contributed by atoms with Gasteiger partial charge in [-0.15, -0.1) is 0 Å². The van der Waals surface area contributed by atoms with Gasteiger partial charge in [0.25, 0.3) is 0 Å². The molecule has 1 aliphatic heterocycles. The van der Waals surface area contributed by atoms with Crippen LogP contribution < -0.4 is 16.4 Å². The third kappa shape index (κ3) is 2.86. The number of nitrogens with one attached hydrogen (secondary N) is 1. The Labute approximate surface area is 66.5 Å². The minimum absolute atomic E-state index is 0.0506. The van der Waals surface area contributed by atoms with Gasteiger partial charge in [-0.1, -0.05) is 0 Å². The molecule has 1 aliphatic rings. The quantitative estimate of drug-likeness (QED) is 0.540. The van der Waals surface area contributed by atoms with E-state index in [2.05, 4.69) is 10.6 Å². The standard InChI is InChI=1S/C7H14N3O/c8-3-1-7(11)10-6-2-4-9-5-6/h6H,1-5,8H2,(H,10,11). The molecule has 3 N–H and O–H groups in total. The first-order valence-corrected chi connectivity index (χ1v) is 3.95. The topological polar surface area (TPSA) is 69.2 Å². The first-order chi connectivity index (χ1) is 5.33. The molecule has 1 rings (SSSR count). The summed E-state index contributed by atoms with van der Waals surface area (Å²) in [5.74, 6) is 0.0506. The predicted octanol–water partition coefficient (Wildman–Crippen LogP) is -1.17. The maximum absolute atomic E-state index is 11.0. The van der Waals surface area contributed by atoms with Crippen molar-refractivity contribution in [2.75, 3.05) is 19.6 Å². The van der Waals surface area contributed by atoms with Crippen LogP contribution in [-0.2, 0) is 4.79 Å². The average molecular weight is 156 g/mol. The normalized spacial score (nSPS) is 23.5. The lowest BCUT2D eigenvalue weighted by atomic mass is 10.2. The Bertz CT molecular complexity index is 132. The van der Waals surface area contributed by atoms with Crippen molar-refractivity contribution in [1.82, 2.24) is 10.6 Å². The van der Waals surface area contributed by atoms with Gasteiger partial charge in [0.1, 0.15) is 0 Å². The lowest BCUT2D eigenvalue weighted by molar-refractivity contribution is -0.121. The Morgan fingerprint density at radius 2 is 2.55 bits per heavy atom. The molecule has 0 bridgehead atoms. The van der Waals surface area contributed by atoms with Gasteiger partial charge in [0, 0.05) is 32.1 Å². The van der Waals surface area contributed by atoms with Crippen LogP contribution in [0.5, 0.6) is 0 Å². The van der Waals surface area contributed by atoms with Gasteiger partial charge in [-0.05, 0) is 6.42 Å². The van der Waals surface area contributed by atoms with Gasteiger partial charge < -0.3 is 11.1 Å². The Kier molecular flexibility index (Phi) is 3.32. The first-order valence-electron chi connectivity index (χ1n) is 3.95. The summed E-state index contributed by atoms with van der Waals surface area (Å²) in [6, 6.07) is 0.272. The number of carbonyl (C=O) groups excluding carboxylic acids is 1. The molecule has 0 saturated carbocycles. The first kappa shape index (κ1) is 8.49. The highest BCUT2D eigenvalue weighted by atomic mass is 16.1. The van der Waals surface area contributed by atoms with Gasteiger partial charge in [0.2, 0.25) is 5.91 Å². The monoisotopic (exact) mass is 156 g/mol. The second-order valence-corrected chi connectivity index (χ2v) is 2.72. The van der Waals surface area contributed by atoms with E-state index in [1.165, 1.54) is 0 Å². The van der Waals surface area contributed by atoms with E-state index in [1.807, 2.05) is 0 Å². The van der Waals surface area contributed by atoms with Gasteiger partial charge in [-0.2, -0.15) is 0 Å². The van der Waals surface area contributed by atoms with E-state index in [0.717, 1.165) is 19.5 Å². The number of rotatable bonds is 3. The molecule has 63 valence electrons. The van der Waals surface area contributed by atoms with Gasteiger partial charge in [0.05, 0.1) is 0 Å². The van der Waals surface area contributed by atoms with E-state index < -0.39 is 0 Å². The van der Waals surface area contributed by atoms with Crippen molar-refractivity contribution in [2.24, 2.45) is 5.73 Å². The third-order valence-corrected chi connectivity index (χ3v) is 1.72. The Balaban J connectivity index is 2.13. The molecular weight excluding hydrogens is 142 g/mol. The molecule has 1 atom stereocenters. The van der Waals surface area contributed by atoms with Crippen LogP contribution in [0.2, 0.25) is 0 Å². The van der Waals surface area contributed by atoms with Crippen molar-refractivity contribution >= 4 is 5.91 Å². The number of hydrogen-bond acceptors (Lipinski definition) is 2. The molecule has 0 aromatic rings. The highest BCUT2D eigenvalue weighted by molar-refractivity contribution is 5.76. The second-order valence-electron chi connectivity index (χ2n) is 2.72. The number of nitrogens with zero attached hydrogens (tertiary/aromatic N) is 1. The highest BCUT2D eigenvalue weighted by Crippen LogP contribution is 1.98. The lowest BCUT2D eigenvalue weighted by Crippen LogP contribution is -2.36. The van der Waals surface area contributed by atoms with Gasteiger partial charge >= 0.3 is 0 Å². The van der Waals surface area contributed by atoms with Crippen LogP contribution in [0.1, 0.15) is 12.8 Å². The average Bonchev–Trinajstić information content (AvgIpc) is 2.40. The molecular formula is C7H14N3O. The maximum atomic E-state index is 11.0. The molecule has 0 aromatic heterocycles. The summed E-state index contributed by atoms with van der Waals surface area (Å²) in [4.78, 5) is 11.0. The molecule has 1 heterocycles. The summed E-state index contributed by atoms with van der Waals surface area (Å²) in [6.45, 7) is 2.08. The van der Waals surface area contributed by atoms with Crippen LogP contribution in [0.25, 0.3) is 0 Å². The molecule has 1 unspecified atom stereocenters. The van der Waals surface area contributed by atoms with Crippen LogP contribution in [0.15, 0.2) is 0 Å². The number of carbonyl (C=O) groups is 1. The molecule has 1 fully saturated rings. The van der Waals surface area contributed by atoms with Crippen molar-refractivity contribution < 1.29 is 4.79 Å². The van der Waals surface area contributed by atoms with Crippen LogP contribution in [0, 0.1) is 0 Å². The van der Waals surface area contributed by atoms with Crippen LogP contribution in [-0.4, -0.2) is 31.6 Å². The zero-order valence-electron chi connectivity index (χ0n) is 6.55. The lowest BCUT2D eigenvalue weighted by Gasteiger charge is -2.09. The fourth-order valence-corrected chi connectivity index (χ4v) is 1.13. The van der Waals surface area contributed by atoms with Crippen molar-refractivity contribution in [2.45, 2.75) is 18.9 Å². The van der Waals surface area contributed by atoms with Crippen molar-refractivity contribution in [3.05, 3.63) is 0 Å². The molecule has 0 aromatic carbocycles. The summed E-state index contributed by atoms with van der Waals surface area (Å²) in [6.07, 6.45) is 1.41. The summed E-state index contributed by atoms with van der Waals surface area (Å²) >= 11 is 0. The fourth-order valence-electron chi connectivity index (χ4n) is 1.13. The van der Waals surface area contributed by atoms with Crippen LogP contribution in [0.3, 0.4) is 0 Å². The minimum Gasteiger partial charge on any atom is -0.352 e. The zero-order chi connectivity index (χ0) is 8.10. The maximum Gasteiger partial charge on any atom is 0.221 e. The molecule has 4 heteroatoms. The van der Waals surface area contributed by atoms with Crippen molar-refractivity contribution in [3.8, 4) is 0 Å². The van der Waals surface area contributed by atoms with Gasteiger partial charge in [-0.25, -0.2) is 5.32 Å². The van der Waals surface area contributed by atoms with E-state index in [0.29, 0.717) is 13.0 Å². The highest BCUT2D eigenvalue weighted by Gasteiger charge is 2.16. The van der Waals surface area contributed by atoms with E-state index in [9.17, 15) is 4.79 Å². The second kappa shape index (κ2) is 4.31. The largest absolute Gasteiger partial charge is 0.352 e. The molecule has 1 radical (unpaired) electrons. The Hall–Kier alpha value is -0.610. The van der Waals surface area contributed by atoms with E-state index >= 15 is 0 Å². The summed E-state index contributed by atoms with van der Waals surface area (Å²) in [7, 11) is 0. The molecule has 1 saturated heterocycles. The Morgan fingerprint density at radius 1 is 1.73 bits per heavy atom. The fraction of sp³-hybridized carbons (Fsp3) is 0.857. The van der Waals surface area contributed by atoms with Crippen LogP contribution >= 0.6 is 0 Å². The van der Waals surface area contributed by atoms with Crippen molar-refractivity contribution in [3.63, 3.8) is 0 Å². The molecule has 11 heavy (non-hydrogen) atoms. The summed E-state index contributed by atoms with van der Waals surface area (Å²) < 4.78 is 0. The van der Waals surface area contributed by atoms with E-state index in [4.69, 9.17) is 5.73 Å². The van der Waals surface area contributed by atoms with Crippen LogP contribution in [0.4, 0.5) is 0 Å². The number of nitrogens with two attached hydrogens (primary N) is 1. The smallest absolute Gasteiger partial charge is 0.221 e. The zero-order valence-corrected chi connectivity index (χ0v) is 6.55. The molecule has 4 nitrogen and oxygen atoms in total. The molecule has 0 aliphatic carbocycles. The Morgan fingerprint density at radius 3 is 3.09 bits per heavy atom. The summed E-state index contributed by atoms with van der Waals surface area (Å²) in [5, 5.41) is 7.00. The third-order valence-electron chi connectivity index (χ3n) is 1.72. The SMILES string of the molecule is NCCC(=O)NC1CC[N]C1. The van der Waals surface area contributed by atoms with E-state index in [-0.39, 0.29) is 11.9 Å². The molecule has 1 amide bonds. The van der Waals surface area contributed by atoms with E-state index in [1.54, 1.807) is 0 Å². The van der Waals surface area contributed by atoms with Gasteiger partial charge in [-0.3, -0.25) is 4.79 Å². The van der Waals surface area contributed by atoms with Gasteiger partial charge in [0.15, 0.2) is 0 Å². The number of hydrogen-bond donors (Lipinski definition) is 2. The minimum atomic E-state index is 0.0506. The predicted molar refractivity (Wildman–Crippen MR) is 42.1 cm³/mol.